The lowest BCUT2D eigenvalue weighted by Gasteiger charge is -2.38. The summed E-state index contributed by atoms with van der Waals surface area (Å²) in [6.45, 7) is 3.89. The number of rotatable bonds is 5. The number of piperidine rings is 1. The number of nitrogens with zero attached hydrogens (tertiary/aromatic N) is 3. The Balaban J connectivity index is 1.71. The molecule has 2 unspecified atom stereocenters. The molecule has 0 amide bonds. The fourth-order valence-corrected chi connectivity index (χ4v) is 3.18. The number of methoxy groups -OCH3 is 1. The second-order valence-electron chi connectivity index (χ2n) is 6.08. The zero-order chi connectivity index (χ0) is 16.2. The van der Waals surface area contributed by atoms with Gasteiger partial charge in [-0.1, -0.05) is 12.1 Å². The predicted molar refractivity (Wildman–Crippen MR) is 86.0 cm³/mol. The van der Waals surface area contributed by atoms with E-state index in [4.69, 9.17) is 9.26 Å². The van der Waals surface area contributed by atoms with Crippen LogP contribution < -0.4 is 4.74 Å². The monoisotopic (exact) mass is 317 g/mol. The quantitative estimate of drug-likeness (QED) is 0.912. The Morgan fingerprint density at radius 2 is 2.13 bits per heavy atom. The van der Waals surface area contributed by atoms with Crippen LogP contribution in [0.25, 0.3) is 11.4 Å². The van der Waals surface area contributed by atoms with Crippen LogP contribution in [0.1, 0.15) is 25.7 Å². The summed E-state index contributed by atoms with van der Waals surface area (Å²) in [5, 5.41) is 13.7. The van der Waals surface area contributed by atoms with Crippen molar-refractivity contribution < 1.29 is 14.4 Å². The molecule has 6 heteroatoms. The van der Waals surface area contributed by atoms with Crippen LogP contribution in [0.2, 0.25) is 0 Å². The third-order valence-electron chi connectivity index (χ3n) is 4.57. The maximum absolute atomic E-state index is 9.62. The fraction of sp³-hybridized carbons (Fsp3) is 0.529. The first-order valence-corrected chi connectivity index (χ1v) is 8.03. The van der Waals surface area contributed by atoms with Gasteiger partial charge in [-0.15, -0.1) is 0 Å². The number of aromatic nitrogens is 2. The molecule has 2 heterocycles. The number of benzene rings is 1. The number of hydrogen-bond acceptors (Lipinski definition) is 6. The molecular weight excluding hydrogens is 294 g/mol. The van der Waals surface area contributed by atoms with Gasteiger partial charge in [0.2, 0.25) is 11.7 Å². The first kappa shape index (κ1) is 16.0. The Kier molecular flexibility index (Phi) is 4.93. The van der Waals surface area contributed by atoms with Crippen molar-refractivity contribution in [1.29, 1.82) is 0 Å². The average molecular weight is 317 g/mol. The third kappa shape index (κ3) is 3.54. The molecule has 1 aromatic heterocycles. The van der Waals surface area contributed by atoms with Gasteiger partial charge in [0.05, 0.1) is 20.3 Å². The van der Waals surface area contributed by atoms with Gasteiger partial charge in [0.1, 0.15) is 5.75 Å². The number of hydrogen-bond donors (Lipinski definition) is 1. The first-order chi connectivity index (χ1) is 11.2. The molecule has 2 atom stereocenters. The number of aliphatic hydroxyl groups is 1. The Labute approximate surface area is 136 Å². The van der Waals surface area contributed by atoms with Crippen LogP contribution in [0.4, 0.5) is 0 Å². The number of likely N-dealkylation sites (tertiary alicyclic amines) is 1. The lowest BCUT2D eigenvalue weighted by molar-refractivity contribution is 0.0400. The molecule has 1 aromatic carbocycles. The minimum Gasteiger partial charge on any atom is -0.497 e. The van der Waals surface area contributed by atoms with Crippen LogP contribution in [-0.2, 0) is 6.54 Å². The minimum atomic E-state index is 0.167. The average Bonchev–Trinajstić information content (AvgIpc) is 3.04. The van der Waals surface area contributed by atoms with Crippen LogP contribution in [0.3, 0.4) is 0 Å². The van der Waals surface area contributed by atoms with Gasteiger partial charge in [-0.05, 0) is 49.6 Å². The topological polar surface area (TPSA) is 71.6 Å². The van der Waals surface area contributed by atoms with Crippen molar-refractivity contribution in [2.24, 2.45) is 5.92 Å². The van der Waals surface area contributed by atoms with Crippen molar-refractivity contribution in [3.8, 4) is 17.1 Å². The zero-order valence-electron chi connectivity index (χ0n) is 13.6. The van der Waals surface area contributed by atoms with Crippen LogP contribution in [0.5, 0.6) is 5.75 Å². The molecule has 6 nitrogen and oxygen atoms in total. The Bertz CT molecular complexity index is 626. The molecule has 1 saturated heterocycles. The molecule has 1 N–H and O–H groups in total. The lowest BCUT2D eigenvalue weighted by atomic mass is 9.91. The molecule has 0 bridgehead atoms. The van der Waals surface area contributed by atoms with E-state index in [0.717, 1.165) is 30.7 Å². The lowest BCUT2D eigenvalue weighted by Crippen LogP contribution is -2.46. The Hall–Kier alpha value is -1.92. The van der Waals surface area contributed by atoms with Gasteiger partial charge < -0.3 is 14.4 Å². The Morgan fingerprint density at radius 3 is 2.83 bits per heavy atom. The van der Waals surface area contributed by atoms with E-state index in [9.17, 15) is 5.11 Å². The van der Waals surface area contributed by atoms with Crippen LogP contribution in [-0.4, -0.2) is 46.5 Å². The highest BCUT2D eigenvalue weighted by Crippen LogP contribution is 2.25. The molecule has 3 rings (SSSR count). The van der Waals surface area contributed by atoms with E-state index in [1.54, 1.807) is 7.11 Å². The molecule has 0 spiro atoms. The molecule has 23 heavy (non-hydrogen) atoms. The molecule has 1 aliphatic heterocycles. The van der Waals surface area contributed by atoms with Gasteiger partial charge >= 0.3 is 0 Å². The first-order valence-electron chi connectivity index (χ1n) is 8.03. The predicted octanol–water partition coefficient (Wildman–Crippen LogP) is 2.34. The summed E-state index contributed by atoms with van der Waals surface area (Å²) in [7, 11) is 1.64. The summed E-state index contributed by atoms with van der Waals surface area (Å²) in [6.07, 6.45) is 2.29. The van der Waals surface area contributed by atoms with E-state index < -0.39 is 0 Å². The van der Waals surface area contributed by atoms with Crippen molar-refractivity contribution in [2.75, 3.05) is 20.3 Å². The highest BCUT2D eigenvalue weighted by Gasteiger charge is 2.29. The van der Waals surface area contributed by atoms with Crippen molar-refractivity contribution in [2.45, 2.75) is 32.4 Å². The smallest absolute Gasteiger partial charge is 0.241 e. The Morgan fingerprint density at radius 1 is 1.35 bits per heavy atom. The molecular formula is C17H23N3O3. The zero-order valence-corrected chi connectivity index (χ0v) is 13.6. The minimum absolute atomic E-state index is 0.167. The summed E-state index contributed by atoms with van der Waals surface area (Å²) in [5.74, 6) is 2.44. The highest BCUT2D eigenvalue weighted by molar-refractivity contribution is 5.55. The van der Waals surface area contributed by atoms with E-state index in [-0.39, 0.29) is 12.6 Å². The summed E-state index contributed by atoms with van der Waals surface area (Å²) < 4.78 is 10.5. The molecule has 124 valence electrons. The molecule has 1 aliphatic rings. The van der Waals surface area contributed by atoms with Gasteiger partial charge in [0.15, 0.2) is 0 Å². The van der Waals surface area contributed by atoms with Crippen molar-refractivity contribution in [3.63, 3.8) is 0 Å². The van der Waals surface area contributed by atoms with Crippen LogP contribution in [0.15, 0.2) is 28.8 Å². The van der Waals surface area contributed by atoms with Crippen molar-refractivity contribution >= 4 is 0 Å². The van der Waals surface area contributed by atoms with Crippen molar-refractivity contribution in [1.82, 2.24) is 15.0 Å². The maximum atomic E-state index is 9.62. The summed E-state index contributed by atoms with van der Waals surface area (Å²) in [4.78, 5) is 6.72. The SMILES string of the molecule is COc1ccc(-c2noc(CN3CCCC(C)C3CO)n2)cc1. The third-order valence-corrected chi connectivity index (χ3v) is 4.57. The van der Waals surface area contributed by atoms with E-state index >= 15 is 0 Å². The summed E-state index contributed by atoms with van der Waals surface area (Å²) >= 11 is 0. The van der Waals surface area contributed by atoms with Gasteiger partial charge in [-0.3, -0.25) is 4.90 Å². The molecule has 1 fully saturated rings. The molecule has 0 radical (unpaired) electrons. The maximum Gasteiger partial charge on any atom is 0.241 e. The van der Waals surface area contributed by atoms with E-state index in [0.29, 0.717) is 24.2 Å². The van der Waals surface area contributed by atoms with E-state index in [1.165, 1.54) is 0 Å². The standard InChI is InChI=1S/C17H23N3O3/c1-12-4-3-9-20(15(12)11-21)10-16-18-17(19-23-16)13-5-7-14(22-2)8-6-13/h5-8,12,15,21H,3-4,9-11H2,1-2H3. The summed E-state index contributed by atoms with van der Waals surface area (Å²) in [6, 6.07) is 7.74. The molecule has 0 aliphatic carbocycles. The van der Waals surface area contributed by atoms with Crippen LogP contribution >= 0.6 is 0 Å². The fourth-order valence-electron chi connectivity index (χ4n) is 3.18. The van der Waals surface area contributed by atoms with E-state index in [1.807, 2.05) is 24.3 Å². The van der Waals surface area contributed by atoms with Gasteiger partial charge in [0.25, 0.3) is 0 Å². The van der Waals surface area contributed by atoms with Crippen molar-refractivity contribution in [3.05, 3.63) is 30.2 Å². The van der Waals surface area contributed by atoms with E-state index in [2.05, 4.69) is 22.0 Å². The molecule has 0 saturated carbocycles. The largest absolute Gasteiger partial charge is 0.497 e. The van der Waals surface area contributed by atoms with Crippen LogP contribution in [0, 0.1) is 5.92 Å². The van der Waals surface area contributed by atoms with Gasteiger partial charge in [0, 0.05) is 11.6 Å². The molecule has 2 aromatic rings. The number of aliphatic hydroxyl groups excluding tert-OH is 1. The normalized spacial score (nSPS) is 22.2. The van der Waals surface area contributed by atoms with Gasteiger partial charge in [-0.2, -0.15) is 4.98 Å². The second kappa shape index (κ2) is 7.10. The van der Waals surface area contributed by atoms with Gasteiger partial charge in [-0.25, -0.2) is 0 Å². The number of ether oxygens (including phenoxy) is 1. The summed E-state index contributed by atoms with van der Waals surface area (Å²) in [5.41, 5.74) is 0.895. The highest BCUT2D eigenvalue weighted by atomic mass is 16.5. The second-order valence-corrected chi connectivity index (χ2v) is 6.08.